The predicted octanol–water partition coefficient (Wildman–Crippen LogP) is 2.41. The molecular formula is C14H19BO4S. The first-order valence-corrected chi connectivity index (χ1v) is 7.67. The Morgan fingerprint density at radius 3 is 2.20 bits per heavy atom. The molecule has 0 unspecified atom stereocenters. The van der Waals surface area contributed by atoms with Gasteiger partial charge in [0.05, 0.1) is 16.8 Å². The van der Waals surface area contributed by atoms with Gasteiger partial charge in [-0.3, -0.25) is 0 Å². The van der Waals surface area contributed by atoms with Crippen molar-refractivity contribution in [2.75, 3.05) is 6.26 Å². The van der Waals surface area contributed by atoms with Crippen molar-refractivity contribution >= 4 is 30.3 Å². The van der Waals surface area contributed by atoms with Crippen LogP contribution < -0.4 is 5.46 Å². The fourth-order valence-electron chi connectivity index (χ4n) is 2.02. The van der Waals surface area contributed by atoms with E-state index in [1.54, 1.807) is 30.0 Å². The van der Waals surface area contributed by atoms with Crippen molar-refractivity contribution in [3.8, 4) is 0 Å². The molecule has 1 aliphatic rings. The van der Waals surface area contributed by atoms with Gasteiger partial charge in [-0.05, 0) is 57.6 Å². The summed E-state index contributed by atoms with van der Waals surface area (Å²) in [7, 11) is -0.540. The van der Waals surface area contributed by atoms with Crippen LogP contribution in [0.25, 0.3) is 0 Å². The number of carboxylic acid groups (broad SMARTS) is 1. The highest BCUT2D eigenvalue weighted by Crippen LogP contribution is 2.37. The van der Waals surface area contributed by atoms with Gasteiger partial charge in [0.2, 0.25) is 0 Å². The number of rotatable bonds is 3. The summed E-state index contributed by atoms with van der Waals surface area (Å²) in [5.74, 6) is -0.949. The Kier molecular flexibility index (Phi) is 3.93. The van der Waals surface area contributed by atoms with Crippen LogP contribution in [-0.2, 0) is 9.31 Å². The molecule has 108 valence electrons. The van der Waals surface area contributed by atoms with Crippen LogP contribution in [0.4, 0.5) is 0 Å². The van der Waals surface area contributed by atoms with Crippen molar-refractivity contribution in [3.05, 3.63) is 23.8 Å². The molecule has 1 fully saturated rings. The minimum absolute atomic E-state index is 0.243. The summed E-state index contributed by atoms with van der Waals surface area (Å²) in [4.78, 5) is 12.1. The maximum absolute atomic E-state index is 11.1. The number of hydrogen-bond acceptors (Lipinski definition) is 4. The number of benzene rings is 1. The maximum atomic E-state index is 11.1. The molecule has 0 aromatic heterocycles. The number of aromatic carboxylic acids is 1. The molecule has 1 aromatic rings. The van der Waals surface area contributed by atoms with Gasteiger partial charge in [0.1, 0.15) is 0 Å². The van der Waals surface area contributed by atoms with Gasteiger partial charge in [0, 0.05) is 4.90 Å². The lowest BCUT2D eigenvalue weighted by Gasteiger charge is -2.32. The third-order valence-electron chi connectivity index (χ3n) is 3.98. The summed E-state index contributed by atoms with van der Waals surface area (Å²) in [6, 6.07) is 5.04. The SMILES string of the molecule is CSc1ccc(C(=O)O)cc1B1OC(C)(C)C(C)(C)O1. The monoisotopic (exact) mass is 294 g/mol. The summed E-state index contributed by atoms with van der Waals surface area (Å²) < 4.78 is 12.0. The summed E-state index contributed by atoms with van der Waals surface area (Å²) in [5.41, 5.74) is 0.141. The zero-order chi connectivity index (χ0) is 15.1. The second-order valence-electron chi connectivity index (χ2n) is 5.85. The second kappa shape index (κ2) is 5.09. The van der Waals surface area contributed by atoms with Gasteiger partial charge in [-0.2, -0.15) is 0 Å². The van der Waals surface area contributed by atoms with E-state index >= 15 is 0 Å². The number of carboxylic acids is 1. The van der Waals surface area contributed by atoms with Gasteiger partial charge in [-0.25, -0.2) is 4.79 Å². The van der Waals surface area contributed by atoms with Gasteiger partial charge in [-0.1, -0.05) is 0 Å². The van der Waals surface area contributed by atoms with Gasteiger partial charge < -0.3 is 14.4 Å². The van der Waals surface area contributed by atoms with Gasteiger partial charge >= 0.3 is 13.1 Å². The quantitative estimate of drug-likeness (QED) is 0.685. The highest BCUT2D eigenvalue weighted by atomic mass is 32.2. The Balaban J connectivity index is 2.43. The van der Waals surface area contributed by atoms with Crippen molar-refractivity contribution < 1.29 is 19.2 Å². The van der Waals surface area contributed by atoms with Crippen molar-refractivity contribution in [1.82, 2.24) is 0 Å². The molecule has 2 rings (SSSR count). The van der Waals surface area contributed by atoms with Crippen LogP contribution in [0.15, 0.2) is 23.1 Å². The second-order valence-corrected chi connectivity index (χ2v) is 6.70. The first-order valence-electron chi connectivity index (χ1n) is 6.45. The molecule has 0 atom stereocenters. The molecule has 0 aliphatic carbocycles. The van der Waals surface area contributed by atoms with Crippen LogP contribution in [-0.4, -0.2) is 35.7 Å². The molecular weight excluding hydrogens is 275 g/mol. The third kappa shape index (κ3) is 2.60. The van der Waals surface area contributed by atoms with E-state index in [0.717, 1.165) is 10.4 Å². The maximum Gasteiger partial charge on any atom is 0.496 e. The number of thioether (sulfide) groups is 1. The van der Waals surface area contributed by atoms with Crippen LogP contribution in [0.1, 0.15) is 38.1 Å². The molecule has 1 N–H and O–H groups in total. The van der Waals surface area contributed by atoms with Crippen molar-refractivity contribution in [3.63, 3.8) is 0 Å². The van der Waals surface area contributed by atoms with E-state index in [1.165, 1.54) is 0 Å². The van der Waals surface area contributed by atoms with E-state index in [-0.39, 0.29) is 5.56 Å². The molecule has 1 saturated heterocycles. The van der Waals surface area contributed by atoms with Crippen LogP contribution in [0.3, 0.4) is 0 Å². The highest BCUT2D eigenvalue weighted by molar-refractivity contribution is 7.98. The predicted molar refractivity (Wildman–Crippen MR) is 80.9 cm³/mol. The van der Waals surface area contributed by atoms with Crippen LogP contribution in [0.5, 0.6) is 0 Å². The standard InChI is InChI=1S/C14H19BO4S/c1-13(2)14(3,4)19-15(18-13)10-8-9(12(16)17)6-7-11(10)20-5/h6-8H,1-5H3,(H,16,17). The minimum atomic E-state index is -0.949. The molecule has 6 heteroatoms. The first-order chi connectivity index (χ1) is 9.18. The average Bonchev–Trinajstić information content (AvgIpc) is 2.57. The molecule has 0 spiro atoms. The summed E-state index contributed by atoms with van der Waals surface area (Å²) in [6.45, 7) is 7.92. The molecule has 0 amide bonds. The normalized spacial score (nSPS) is 20.1. The Morgan fingerprint density at radius 2 is 1.75 bits per heavy atom. The summed E-state index contributed by atoms with van der Waals surface area (Å²) in [6.07, 6.45) is 1.95. The molecule has 20 heavy (non-hydrogen) atoms. The summed E-state index contributed by atoms with van der Waals surface area (Å²) >= 11 is 1.55. The zero-order valence-corrected chi connectivity index (χ0v) is 13.2. The molecule has 0 radical (unpaired) electrons. The Labute approximate surface area is 124 Å². The van der Waals surface area contributed by atoms with E-state index < -0.39 is 24.3 Å². The highest BCUT2D eigenvalue weighted by Gasteiger charge is 2.52. The Bertz CT molecular complexity index is 526. The van der Waals surface area contributed by atoms with Crippen molar-refractivity contribution in [2.45, 2.75) is 43.8 Å². The van der Waals surface area contributed by atoms with Gasteiger partial charge in [0.15, 0.2) is 0 Å². The van der Waals surface area contributed by atoms with E-state index in [1.807, 2.05) is 34.0 Å². The molecule has 0 saturated carbocycles. The lowest BCUT2D eigenvalue weighted by Crippen LogP contribution is -2.41. The van der Waals surface area contributed by atoms with Crippen LogP contribution in [0, 0.1) is 0 Å². The molecule has 1 aromatic carbocycles. The van der Waals surface area contributed by atoms with Crippen molar-refractivity contribution in [2.24, 2.45) is 0 Å². The zero-order valence-electron chi connectivity index (χ0n) is 12.4. The number of hydrogen-bond donors (Lipinski definition) is 1. The van der Waals surface area contributed by atoms with Gasteiger partial charge in [-0.15, -0.1) is 11.8 Å². The fraction of sp³-hybridized carbons (Fsp3) is 0.500. The van der Waals surface area contributed by atoms with Crippen LogP contribution in [0.2, 0.25) is 0 Å². The first kappa shape index (κ1) is 15.4. The third-order valence-corrected chi connectivity index (χ3v) is 4.80. The van der Waals surface area contributed by atoms with Crippen LogP contribution >= 0.6 is 11.8 Å². The lowest BCUT2D eigenvalue weighted by molar-refractivity contribution is 0.00578. The average molecular weight is 294 g/mol. The lowest BCUT2D eigenvalue weighted by atomic mass is 9.78. The Hall–Kier alpha value is -0.975. The van der Waals surface area contributed by atoms with Gasteiger partial charge in [0.25, 0.3) is 0 Å². The Morgan fingerprint density at radius 1 is 1.20 bits per heavy atom. The molecule has 4 nitrogen and oxygen atoms in total. The molecule has 0 bridgehead atoms. The van der Waals surface area contributed by atoms with Crippen molar-refractivity contribution in [1.29, 1.82) is 0 Å². The van der Waals surface area contributed by atoms with E-state index in [9.17, 15) is 4.79 Å². The van der Waals surface area contributed by atoms with E-state index in [0.29, 0.717) is 0 Å². The smallest absolute Gasteiger partial charge is 0.478 e. The molecule has 1 aliphatic heterocycles. The number of carbonyl (C=O) groups is 1. The largest absolute Gasteiger partial charge is 0.496 e. The minimum Gasteiger partial charge on any atom is -0.478 e. The summed E-state index contributed by atoms with van der Waals surface area (Å²) in [5, 5.41) is 9.13. The molecule has 1 heterocycles. The fourth-order valence-corrected chi connectivity index (χ4v) is 2.62. The van der Waals surface area contributed by atoms with E-state index in [4.69, 9.17) is 14.4 Å². The topological polar surface area (TPSA) is 55.8 Å². The van der Waals surface area contributed by atoms with E-state index in [2.05, 4.69) is 0 Å².